The van der Waals surface area contributed by atoms with Crippen LogP contribution in [-0.2, 0) is 0 Å². The maximum Gasteiger partial charge on any atom is 0.109 e. The van der Waals surface area contributed by atoms with Gasteiger partial charge in [0.15, 0.2) is 0 Å². The van der Waals surface area contributed by atoms with Crippen molar-refractivity contribution in [3.05, 3.63) is 60.7 Å². The minimum absolute atomic E-state index is 0.993. The number of benzene rings is 2. The number of para-hydroxylation sites is 2. The predicted molar refractivity (Wildman–Crippen MR) is 79.9 cm³/mol. The standard InChI is InChI=1S/C16H13N3/c1-3-7-13-11(5-1)9-15(17-13)19-16-10-12-6-2-4-8-14(12)18-16/h1-10,17-19H. The summed E-state index contributed by atoms with van der Waals surface area (Å²) in [7, 11) is 0. The van der Waals surface area contributed by atoms with Crippen LogP contribution in [0.1, 0.15) is 0 Å². The molecule has 0 spiro atoms. The molecule has 0 unspecified atom stereocenters. The van der Waals surface area contributed by atoms with Gasteiger partial charge in [-0.2, -0.15) is 0 Å². The van der Waals surface area contributed by atoms with Crippen LogP contribution in [0.25, 0.3) is 21.8 Å². The van der Waals surface area contributed by atoms with E-state index >= 15 is 0 Å². The summed E-state index contributed by atoms with van der Waals surface area (Å²) in [5.74, 6) is 1.99. The lowest BCUT2D eigenvalue weighted by Gasteiger charge is -1.98. The molecule has 3 N–H and O–H groups in total. The number of anilines is 2. The van der Waals surface area contributed by atoms with E-state index in [0.29, 0.717) is 0 Å². The van der Waals surface area contributed by atoms with Crippen LogP contribution in [0.2, 0.25) is 0 Å². The average molecular weight is 247 g/mol. The maximum atomic E-state index is 3.37. The Balaban J connectivity index is 1.73. The van der Waals surface area contributed by atoms with E-state index in [9.17, 15) is 0 Å². The highest BCUT2D eigenvalue weighted by molar-refractivity contribution is 5.87. The lowest BCUT2D eigenvalue weighted by molar-refractivity contribution is 1.36. The highest BCUT2D eigenvalue weighted by Gasteiger charge is 2.03. The SMILES string of the molecule is c1ccc2[nH]c(Nc3cc4ccccc4[nH]3)cc2c1. The van der Waals surface area contributed by atoms with Crippen molar-refractivity contribution in [3.8, 4) is 0 Å². The molecule has 3 nitrogen and oxygen atoms in total. The van der Waals surface area contributed by atoms with E-state index in [-0.39, 0.29) is 0 Å². The van der Waals surface area contributed by atoms with Crippen LogP contribution in [0.4, 0.5) is 11.6 Å². The van der Waals surface area contributed by atoms with Gasteiger partial charge in [0.25, 0.3) is 0 Å². The van der Waals surface area contributed by atoms with Gasteiger partial charge in [-0.05, 0) is 24.3 Å². The Kier molecular flexibility index (Phi) is 2.12. The topological polar surface area (TPSA) is 43.6 Å². The molecule has 0 saturated heterocycles. The third kappa shape index (κ3) is 1.76. The number of hydrogen-bond donors (Lipinski definition) is 3. The molecular formula is C16H13N3. The molecule has 4 aromatic rings. The molecule has 4 rings (SSSR count). The summed E-state index contributed by atoms with van der Waals surface area (Å²) < 4.78 is 0. The zero-order valence-electron chi connectivity index (χ0n) is 10.3. The minimum atomic E-state index is 0.993. The van der Waals surface area contributed by atoms with Crippen LogP contribution in [0.5, 0.6) is 0 Å². The van der Waals surface area contributed by atoms with E-state index < -0.39 is 0 Å². The molecule has 3 heteroatoms. The predicted octanol–water partition coefficient (Wildman–Crippen LogP) is 4.39. The fourth-order valence-electron chi connectivity index (χ4n) is 2.43. The minimum Gasteiger partial charge on any atom is -0.341 e. The van der Waals surface area contributed by atoms with Gasteiger partial charge in [-0.1, -0.05) is 36.4 Å². The summed E-state index contributed by atoms with van der Waals surface area (Å²) in [6, 6.07) is 20.7. The molecule has 0 aliphatic heterocycles. The van der Waals surface area contributed by atoms with Gasteiger partial charge < -0.3 is 15.3 Å². The number of rotatable bonds is 2. The molecule has 0 saturated carbocycles. The molecule has 0 amide bonds. The average Bonchev–Trinajstić information content (AvgIpc) is 3.00. The van der Waals surface area contributed by atoms with Crippen molar-refractivity contribution in [2.24, 2.45) is 0 Å². The van der Waals surface area contributed by atoms with E-state index in [2.05, 4.69) is 51.7 Å². The molecule has 2 aromatic heterocycles. The summed E-state index contributed by atoms with van der Waals surface area (Å²) in [4.78, 5) is 6.71. The molecule has 2 heterocycles. The molecule has 0 aliphatic carbocycles. The zero-order chi connectivity index (χ0) is 12.7. The van der Waals surface area contributed by atoms with Crippen LogP contribution in [-0.4, -0.2) is 9.97 Å². The van der Waals surface area contributed by atoms with Gasteiger partial charge in [0.05, 0.1) is 0 Å². The van der Waals surface area contributed by atoms with Gasteiger partial charge in [0.1, 0.15) is 11.6 Å². The summed E-state index contributed by atoms with van der Waals surface area (Å²) in [6.45, 7) is 0. The molecular weight excluding hydrogens is 234 g/mol. The Bertz CT molecular complexity index is 716. The van der Waals surface area contributed by atoms with Crippen LogP contribution in [0, 0.1) is 0 Å². The van der Waals surface area contributed by atoms with Gasteiger partial charge in [0, 0.05) is 21.8 Å². The molecule has 0 fully saturated rings. The summed E-state index contributed by atoms with van der Waals surface area (Å²) >= 11 is 0. The van der Waals surface area contributed by atoms with Crippen molar-refractivity contribution in [1.29, 1.82) is 0 Å². The first-order valence-electron chi connectivity index (χ1n) is 6.31. The number of aromatic amines is 2. The highest BCUT2D eigenvalue weighted by Crippen LogP contribution is 2.24. The number of fused-ring (bicyclic) bond motifs is 2. The first kappa shape index (κ1) is 10.3. The van der Waals surface area contributed by atoms with E-state index in [1.54, 1.807) is 0 Å². The van der Waals surface area contributed by atoms with Crippen molar-refractivity contribution in [3.63, 3.8) is 0 Å². The quantitative estimate of drug-likeness (QED) is 0.483. The second-order valence-corrected chi connectivity index (χ2v) is 4.67. The van der Waals surface area contributed by atoms with E-state index in [1.807, 2.05) is 24.3 Å². The third-order valence-corrected chi connectivity index (χ3v) is 3.33. The van der Waals surface area contributed by atoms with Crippen molar-refractivity contribution in [2.45, 2.75) is 0 Å². The van der Waals surface area contributed by atoms with Crippen molar-refractivity contribution >= 4 is 33.4 Å². The van der Waals surface area contributed by atoms with Gasteiger partial charge in [0.2, 0.25) is 0 Å². The summed E-state index contributed by atoms with van der Waals surface area (Å²) in [6.07, 6.45) is 0. The molecule has 0 atom stereocenters. The number of hydrogen-bond acceptors (Lipinski definition) is 1. The van der Waals surface area contributed by atoms with E-state index in [1.165, 1.54) is 10.8 Å². The molecule has 0 radical (unpaired) electrons. The molecule has 92 valence electrons. The Morgan fingerprint density at radius 1 is 0.632 bits per heavy atom. The lowest BCUT2D eigenvalue weighted by Crippen LogP contribution is -1.89. The van der Waals surface area contributed by atoms with Gasteiger partial charge in [-0.25, -0.2) is 0 Å². The van der Waals surface area contributed by atoms with Crippen molar-refractivity contribution in [1.82, 2.24) is 9.97 Å². The van der Waals surface area contributed by atoms with Gasteiger partial charge in [-0.15, -0.1) is 0 Å². The zero-order valence-corrected chi connectivity index (χ0v) is 10.3. The second kappa shape index (κ2) is 3.92. The Morgan fingerprint density at radius 2 is 1.11 bits per heavy atom. The molecule has 0 aliphatic rings. The number of nitrogens with one attached hydrogen (secondary N) is 3. The van der Waals surface area contributed by atoms with E-state index in [4.69, 9.17) is 0 Å². The lowest BCUT2D eigenvalue weighted by atomic mass is 10.2. The smallest absolute Gasteiger partial charge is 0.109 e. The van der Waals surface area contributed by atoms with Gasteiger partial charge in [-0.3, -0.25) is 0 Å². The van der Waals surface area contributed by atoms with E-state index in [0.717, 1.165) is 22.7 Å². The second-order valence-electron chi connectivity index (χ2n) is 4.67. The number of H-pyrrole nitrogens is 2. The largest absolute Gasteiger partial charge is 0.341 e. The Labute approximate surface area is 110 Å². The molecule has 2 aromatic carbocycles. The van der Waals surface area contributed by atoms with Crippen LogP contribution < -0.4 is 5.32 Å². The van der Waals surface area contributed by atoms with Crippen LogP contribution >= 0.6 is 0 Å². The molecule has 19 heavy (non-hydrogen) atoms. The first-order valence-corrected chi connectivity index (χ1v) is 6.31. The third-order valence-electron chi connectivity index (χ3n) is 3.33. The fourth-order valence-corrected chi connectivity index (χ4v) is 2.43. The monoisotopic (exact) mass is 247 g/mol. The highest BCUT2D eigenvalue weighted by atomic mass is 15.1. The Morgan fingerprint density at radius 3 is 1.58 bits per heavy atom. The van der Waals surface area contributed by atoms with Crippen LogP contribution in [0.3, 0.4) is 0 Å². The fraction of sp³-hybridized carbons (Fsp3) is 0. The van der Waals surface area contributed by atoms with Crippen molar-refractivity contribution in [2.75, 3.05) is 5.32 Å². The number of aromatic nitrogens is 2. The molecule has 0 bridgehead atoms. The normalized spacial score (nSPS) is 11.2. The van der Waals surface area contributed by atoms with Gasteiger partial charge >= 0.3 is 0 Å². The Hall–Kier alpha value is -2.68. The van der Waals surface area contributed by atoms with Crippen molar-refractivity contribution < 1.29 is 0 Å². The summed E-state index contributed by atoms with van der Waals surface area (Å²) in [5, 5.41) is 5.79. The maximum absolute atomic E-state index is 3.37. The summed E-state index contributed by atoms with van der Waals surface area (Å²) in [5.41, 5.74) is 2.28. The van der Waals surface area contributed by atoms with Crippen LogP contribution in [0.15, 0.2) is 60.7 Å². The first-order chi connectivity index (χ1) is 9.38.